The van der Waals surface area contributed by atoms with Crippen LogP contribution in [0.4, 0.5) is 8.78 Å². The van der Waals surface area contributed by atoms with Crippen molar-refractivity contribution in [2.24, 2.45) is 0 Å². The zero-order chi connectivity index (χ0) is 17.6. The molecule has 2 aromatic rings. The molecule has 0 saturated heterocycles. The summed E-state index contributed by atoms with van der Waals surface area (Å²) < 4.78 is 29.4. The van der Waals surface area contributed by atoms with Gasteiger partial charge in [0.2, 0.25) is 0 Å². The van der Waals surface area contributed by atoms with E-state index in [1.165, 1.54) is 12.5 Å². The van der Waals surface area contributed by atoms with E-state index in [2.05, 4.69) is 5.10 Å². The number of carboxylic acids is 1. The Hall–Kier alpha value is -2.28. The fourth-order valence-corrected chi connectivity index (χ4v) is 3.68. The molecule has 1 fully saturated rings. The molecule has 0 amide bonds. The molecule has 5 nitrogen and oxygen atoms in total. The number of hydrogen-bond acceptors (Lipinski definition) is 3. The Morgan fingerprint density at radius 1 is 1.28 bits per heavy atom. The molecule has 0 bridgehead atoms. The van der Waals surface area contributed by atoms with Crippen molar-refractivity contribution in [2.45, 2.75) is 44.3 Å². The van der Waals surface area contributed by atoms with Gasteiger partial charge in [-0.1, -0.05) is 6.07 Å². The van der Waals surface area contributed by atoms with Crippen LogP contribution in [-0.4, -0.2) is 32.3 Å². The number of aromatic nitrogens is 2. The van der Waals surface area contributed by atoms with E-state index in [0.717, 1.165) is 24.6 Å². The molecule has 1 aliphatic carbocycles. The Morgan fingerprint density at radius 3 is 2.76 bits per heavy atom. The van der Waals surface area contributed by atoms with Crippen molar-refractivity contribution in [1.29, 1.82) is 0 Å². The Kier molecular flexibility index (Phi) is 4.03. The first-order valence-electron chi connectivity index (χ1n) is 8.52. The topological polar surface area (TPSA) is 58.4 Å². The van der Waals surface area contributed by atoms with Gasteiger partial charge < -0.3 is 5.11 Å². The van der Waals surface area contributed by atoms with Gasteiger partial charge in [0.05, 0.1) is 11.7 Å². The summed E-state index contributed by atoms with van der Waals surface area (Å²) in [5.41, 5.74) is 1.30. The Labute approximate surface area is 143 Å². The van der Waals surface area contributed by atoms with Gasteiger partial charge in [0.25, 0.3) is 0 Å². The van der Waals surface area contributed by atoms with Crippen LogP contribution in [-0.2, 0) is 17.8 Å². The quantitative estimate of drug-likeness (QED) is 0.923. The first-order chi connectivity index (χ1) is 12.0. The Balaban J connectivity index is 1.60. The van der Waals surface area contributed by atoms with Crippen molar-refractivity contribution in [3.8, 4) is 0 Å². The molecule has 1 aromatic carbocycles. The second-order valence-electron chi connectivity index (χ2n) is 6.76. The summed E-state index contributed by atoms with van der Waals surface area (Å²) in [6.07, 6.45) is 5.68. The zero-order valence-corrected chi connectivity index (χ0v) is 13.7. The summed E-state index contributed by atoms with van der Waals surface area (Å²) in [5.74, 6) is -2.93. The van der Waals surface area contributed by atoms with Gasteiger partial charge in [0.15, 0.2) is 11.6 Å². The van der Waals surface area contributed by atoms with Crippen LogP contribution in [0.15, 0.2) is 24.4 Å². The van der Waals surface area contributed by atoms with Crippen molar-refractivity contribution < 1.29 is 18.7 Å². The third-order valence-electron chi connectivity index (χ3n) is 5.25. The molecule has 1 saturated carbocycles. The number of halogens is 2. The maximum Gasteiger partial charge on any atom is 0.325 e. The highest BCUT2D eigenvalue weighted by Crippen LogP contribution is 2.34. The van der Waals surface area contributed by atoms with Gasteiger partial charge in [0, 0.05) is 19.3 Å². The summed E-state index contributed by atoms with van der Waals surface area (Å²) in [6, 6.07) is 3.73. The minimum absolute atomic E-state index is 0.170. The predicted octanol–water partition coefficient (Wildman–Crippen LogP) is 3.07. The molecule has 2 aliphatic rings. The maximum absolute atomic E-state index is 14.0. The van der Waals surface area contributed by atoms with Gasteiger partial charge in [-0.2, -0.15) is 5.10 Å². The number of hydrogen-bond donors (Lipinski definition) is 1. The van der Waals surface area contributed by atoms with Gasteiger partial charge >= 0.3 is 5.97 Å². The molecule has 0 spiro atoms. The van der Waals surface area contributed by atoms with Crippen molar-refractivity contribution in [2.75, 3.05) is 6.54 Å². The van der Waals surface area contributed by atoms with E-state index in [9.17, 15) is 18.7 Å². The normalized spacial score (nSPS) is 21.0. The SMILES string of the molecule is O=C(O)C1c2ccc(F)c(F)c2CCN1Cc1ccn(C2CCC2)n1. The minimum atomic E-state index is -1.06. The molecule has 1 aromatic heterocycles. The second-order valence-corrected chi connectivity index (χ2v) is 6.76. The molecule has 0 radical (unpaired) electrons. The van der Waals surface area contributed by atoms with Gasteiger partial charge in [-0.15, -0.1) is 0 Å². The standard InChI is InChI=1S/C18H19F2N3O2/c19-15-5-4-14-13(16(15)20)7-8-22(17(14)18(24)25)10-11-6-9-23(21-11)12-2-1-3-12/h4-6,9,12,17H,1-3,7-8,10H2,(H,24,25). The van der Waals surface area contributed by atoms with Gasteiger partial charge in [0.1, 0.15) is 6.04 Å². The number of rotatable bonds is 4. The fraction of sp³-hybridized carbons (Fsp3) is 0.444. The first-order valence-corrected chi connectivity index (χ1v) is 8.52. The monoisotopic (exact) mass is 347 g/mol. The molecule has 1 aliphatic heterocycles. The summed E-state index contributed by atoms with van der Waals surface area (Å²) in [5, 5.41) is 14.2. The fourth-order valence-electron chi connectivity index (χ4n) is 3.68. The van der Waals surface area contributed by atoms with Crippen LogP contribution in [0.25, 0.3) is 0 Å². The lowest BCUT2D eigenvalue weighted by atomic mass is 9.91. The molecule has 7 heteroatoms. The molecule has 132 valence electrons. The molecule has 1 N–H and O–H groups in total. The summed E-state index contributed by atoms with van der Waals surface area (Å²) in [4.78, 5) is 13.6. The molecule has 2 heterocycles. The molecular formula is C18H19F2N3O2. The molecule has 25 heavy (non-hydrogen) atoms. The third-order valence-corrected chi connectivity index (χ3v) is 5.25. The number of carboxylic acid groups (broad SMARTS) is 1. The smallest absolute Gasteiger partial charge is 0.325 e. The van der Waals surface area contributed by atoms with Gasteiger partial charge in [-0.05, 0) is 48.9 Å². The van der Waals surface area contributed by atoms with E-state index in [4.69, 9.17) is 0 Å². The average molecular weight is 347 g/mol. The number of nitrogens with zero attached hydrogens (tertiary/aromatic N) is 3. The van der Waals surface area contributed by atoms with Crippen LogP contribution in [0.2, 0.25) is 0 Å². The Bertz CT molecular complexity index is 817. The zero-order valence-electron chi connectivity index (χ0n) is 13.7. The minimum Gasteiger partial charge on any atom is -0.480 e. The summed E-state index contributed by atoms with van der Waals surface area (Å²) >= 11 is 0. The average Bonchev–Trinajstić information content (AvgIpc) is 2.96. The van der Waals surface area contributed by atoms with E-state index in [1.807, 2.05) is 16.9 Å². The van der Waals surface area contributed by atoms with Crippen molar-refractivity contribution in [3.05, 3.63) is 52.9 Å². The van der Waals surface area contributed by atoms with Crippen LogP contribution < -0.4 is 0 Å². The maximum atomic E-state index is 14.0. The van der Waals surface area contributed by atoms with Gasteiger partial charge in [-0.3, -0.25) is 14.4 Å². The first kappa shape index (κ1) is 16.2. The van der Waals surface area contributed by atoms with Crippen molar-refractivity contribution >= 4 is 5.97 Å². The molecular weight excluding hydrogens is 328 g/mol. The second kappa shape index (κ2) is 6.22. The number of aliphatic carboxylic acids is 1. The van der Waals surface area contributed by atoms with Crippen LogP contribution in [0.5, 0.6) is 0 Å². The van der Waals surface area contributed by atoms with Crippen molar-refractivity contribution in [3.63, 3.8) is 0 Å². The predicted molar refractivity (Wildman–Crippen MR) is 86.0 cm³/mol. The highest BCUT2D eigenvalue weighted by molar-refractivity contribution is 5.76. The summed E-state index contributed by atoms with van der Waals surface area (Å²) in [6.45, 7) is 0.718. The van der Waals surface area contributed by atoms with Crippen LogP contribution in [0.1, 0.15) is 48.2 Å². The lowest BCUT2D eigenvalue weighted by Crippen LogP contribution is -2.40. The Morgan fingerprint density at radius 2 is 2.08 bits per heavy atom. The molecule has 4 rings (SSSR count). The van der Waals surface area contributed by atoms with E-state index in [1.54, 1.807) is 4.90 Å². The number of fused-ring (bicyclic) bond motifs is 1. The molecule has 1 unspecified atom stereocenters. The third kappa shape index (κ3) is 2.82. The highest BCUT2D eigenvalue weighted by Gasteiger charge is 2.35. The van der Waals surface area contributed by atoms with Crippen LogP contribution >= 0.6 is 0 Å². The van der Waals surface area contributed by atoms with Crippen LogP contribution in [0, 0.1) is 11.6 Å². The lowest BCUT2D eigenvalue weighted by molar-refractivity contribution is -0.144. The largest absolute Gasteiger partial charge is 0.480 e. The lowest BCUT2D eigenvalue weighted by Gasteiger charge is -2.34. The van der Waals surface area contributed by atoms with E-state index < -0.39 is 23.6 Å². The molecule has 1 atom stereocenters. The van der Waals surface area contributed by atoms with E-state index in [0.29, 0.717) is 24.7 Å². The van der Waals surface area contributed by atoms with Gasteiger partial charge in [-0.25, -0.2) is 8.78 Å². The van der Waals surface area contributed by atoms with E-state index in [-0.39, 0.29) is 12.0 Å². The van der Waals surface area contributed by atoms with Crippen molar-refractivity contribution in [1.82, 2.24) is 14.7 Å². The number of benzene rings is 1. The van der Waals surface area contributed by atoms with Crippen LogP contribution in [0.3, 0.4) is 0 Å². The summed E-state index contributed by atoms with van der Waals surface area (Å²) in [7, 11) is 0. The van der Waals surface area contributed by atoms with E-state index >= 15 is 0 Å². The highest BCUT2D eigenvalue weighted by atomic mass is 19.2. The number of carbonyl (C=O) groups is 1.